The first-order chi connectivity index (χ1) is 8.97. The number of carbonyl (C=O) groups excluding carboxylic acids is 1. The van der Waals surface area contributed by atoms with E-state index in [4.69, 9.17) is 5.11 Å². The molecule has 1 heterocycles. The van der Waals surface area contributed by atoms with Crippen LogP contribution in [0.25, 0.3) is 0 Å². The van der Waals surface area contributed by atoms with Crippen molar-refractivity contribution in [3.63, 3.8) is 0 Å². The summed E-state index contributed by atoms with van der Waals surface area (Å²) in [5.74, 6) is -0.936. The highest BCUT2D eigenvalue weighted by Gasteiger charge is 2.04. The first kappa shape index (κ1) is 14.9. The van der Waals surface area contributed by atoms with Crippen molar-refractivity contribution in [2.75, 3.05) is 32.5 Å². The van der Waals surface area contributed by atoms with Crippen molar-refractivity contribution in [1.82, 2.24) is 15.2 Å². The Labute approximate surface area is 111 Å². The number of aliphatic carboxylic acids is 1. The SMILES string of the molecule is CN(C)CCNC(=O)Nc1ccc(CC(=O)O)nc1. The van der Waals surface area contributed by atoms with E-state index >= 15 is 0 Å². The topological polar surface area (TPSA) is 94.6 Å². The van der Waals surface area contributed by atoms with E-state index in [1.807, 2.05) is 19.0 Å². The number of urea groups is 1. The van der Waals surface area contributed by atoms with Crippen molar-refractivity contribution in [2.24, 2.45) is 0 Å². The molecule has 0 aromatic carbocycles. The van der Waals surface area contributed by atoms with Gasteiger partial charge in [0.05, 0.1) is 24.0 Å². The summed E-state index contributed by atoms with van der Waals surface area (Å²) < 4.78 is 0. The number of likely N-dealkylation sites (N-methyl/N-ethyl adjacent to an activating group) is 1. The van der Waals surface area contributed by atoms with Crippen LogP contribution >= 0.6 is 0 Å². The van der Waals surface area contributed by atoms with Gasteiger partial charge in [-0.3, -0.25) is 9.78 Å². The van der Waals surface area contributed by atoms with Gasteiger partial charge in [-0.2, -0.15) is 0 Å². The maximum absolute atomic E-state index is 11.5. The highest BCUT2D eigenvalue weighted by atomic mass is 16.4. The number of carboxylic acids is 1. The van der Waals surface area contributed by atoms with E-state index in [-0.39, 0.29) is 12.5 Å². The zero-order valence-electron chi connectivity index (χ0n) is 11.0. The first-order valence-corrected chi connectivity index (χ1v) is 5.83. The number of anilines is 1. The van der Waals surface area contributed by atoms with Gasteiger partial charge in [-0.05, 0) is 26.2 Å². The van der Waals surface area contributed by atoms with Crippen LogP contribution in [-0.2, 0) is 11.2 Å². The van der Waals surface area contributed by atoms with Gasteiger partial charge in [0.15, 0.2) is 0 Å². The number of pyridine rings is 1. The molecule has 0 saturated carbocycles. The predicted octanol–water partition coefficient (Wildman–Crippen LogP) is 0.392. The van der Waals surface area contributed by atoms with Crippen LogP contribution in [0.5, 0.6) is 0 Å². The van der Waals surface area contributed by atoms with Gasteiger partial charge in [0.2, 0.25) is 0 Å². The Balaban J connectivity index is 2.40. The number of carboxylic acid groups (broad SMARTS) is 1. The normalized spacial score (nSPS) is 10.3. The van der Waals surface area contributed by atoms with E-state index < -0.39 is 5.97 Å². The lowest BCUT2D eigenvalue weighted by molar-refractivity contribution is -0.136. The minimum absolute atomic E-state index is 0.130. The molecule has 3 N–H and O–H groups in total. The second-order valence-electron chi connectivity index (χ2n) is 4.29. The molecule has 104 valence electrons. The minimum atomic E-state index is -0.936. The molecular weight excluding hydrogens is 248 g/mol. The molecule has 0 unspecified atom stereocenters. The fraction of sp³-hybridized carbons (Fsp3) is 0.417. The number of amides is 2. The largest absolute Gasteiger partial charge is 0.481 e. The molecule has 0 aliphatic carbocycles. The first-order valence-electron chi connectivity index (χ1n) is 5.83. The van der Waals surface area contributed by atoms with Crippen LogP contribution in [0.4, 0.5) is 10.5 Å². The smallest absolute Gasteiger partial charge is 0.319 e. The van der Waals surface area contributed by atoms with Gasteiger partial charge in [-0.25, -0.2) is 4.79 Å². The van der Waals surface area contributed by atoms with Gasteiger partial charge < -0.3 is 20.6 Å². The summed E-state index contributed by atoms with van der Waals surface area (Å²) in [6.07, 6.45) is 1.30. The van der Waals surface area contributed by atoms with E-state index in [1.54, 1.807) is 12.1 Å². The summed E-state index contributed by atoms with van der Waals surface area (Å²) in [4.78, 5) is 27.9. The Morgan fingerprint density at radius 2 is 2.11 bits per heavy atom. The third-order valence-corrected chi connectivity index (χ3v) is 2.26. The molecule has 0 aliphatic rings. The zero-order chi connectivity index (χ0) is 14.3. The van der Waals surface area contributed by atoms with Crippen molar-refractivity contribution in [3.05, 3.63) is 24.0 Å². The van der Waals surface area contributed by atoms with E-state index in [2.05, 4.69) is 15.6 Å². The summed E-state index contributed by atoms with van der Waals surface area (Å²) in [7, 11) is 3.84. The Morgan fingerprint density at radius 3 is 2.63 bits per heavy atom. The molecule has 0 saturated heterocycles. The third kappa shape index (κ3) is 6.37. The monoisotopic (exact) mass is 266 g/mol. The average Bonchev–Trinajstić information content (AvgIpc) is 2.30. The van der Waals surface area contributed by atoms with Gasteiger partial charge in [0.25, 0.3) is 0 Å². The fourth-order valence-corrected chi connectivity index (χ4v) is 1.33. The van der Waals surface area contributed by atoms with Gasteiger partial charge in [0, 0.05) is 13.1 Å². The number of nitrogens with zero attached hydrogens (tertiary/aromatic N) is 2. The van der Waals surface area contributed by atoms with Gasteiger partial charge >= 0.3 is 12.0 Å². The lowest BCUT2D eigenvalue weighted by atomic mass is 10.2. The molecule has 1 aromatic heterocycles. The maximum Gasteiger partial charge on any atom is 0.319 e. The van der Waals surface area contributed by atoms with E-state index in [9.17, 15) is 9.59 Å². The molecule has 0 spiro atoms. The second-order valence-corrected chi connectivity index (χ2v) is 4.29. The van der Waals surface area contributed by atoms with Crippen LogP contribution in [0.15, 0.2) is 18.3 Å². The van der Waals surface area contributed by atoms with Gasteiger partial charge in [-0.1, -0.05) is 0 Å². The number of nitrogens with one attached hydrogen (secondary N) is 2. The highest BCUT2D eigenvalue weighted by molar-refractivity contribution is 5.89. The maximum atomic E-state index is 11.5. The van der Waals surface area contributed by atoms with Crippen LogP contribution in [0.2, 0.25) is 0 Å². The quantitative estimate of drug-likeness (QED) is 0.692. The van der Waals surface area contributed by atoms with Crippen molar-refractivity contribution >= 4 is 17.7 Å². The molecule has 2 amide bonds. The highest BCUT2D eigenvalue weighted by Crippen LogP contribution is 2.06. The van der Waals surface area contributed by atoms with Crippen LogP contribution in [0.1, 0.15) is 5.69 Å². The van der Waals surface area contributed by atoms with E-state index in [0.29, 0.717) is 17.9 Å². The Kier molecular flexibility index (Phi) is 5.74. The summed E-state index contributed by atoms with van der Waals surface area (Å²) in [6.45, 7) is 1.30. The fourth-order valence-electron chi connectivity index (χ4n) is 1.33. The second kappa shape index (κ2) is 7.32. The van der Waals surface area contributed by atoms with Crippen LogP contribution in [0, 0.1) is 0 Å². The molecule has 0 fully saturated rings. The molecule has 1 aromatic rings. The molecule has 0 atom stereocenters. The van der Waals surface area contributed by atoms with Crippen molar-refractivity contribution in [3.8, 4) is 0 Å². The van der Waals surface area contributed by atoms with Crippen LogP contribution < -0.4 is 10.6 Å². The zero-order valence-corrected chi connectivity index (χ0v) is 11.0. The lowest BCUT2D eigenvalue weighted by Gasteiger charge is -2.11. The van der Waals surface area contributed by atoms with E-state index in [1.165, 1.54) is 6.20 Å². The lowest BCUT2D eigenvalue weighted by Crippen LogP contribution is -2.34. The number of aromatic nitrogens is 1. The molecule has 1 rings (SSSR count). The van der Waals surface area contributed by atoms with Crippen LogP contribution in [0.3, 0.4) is 0 Å². The van der Waals surface area contributed by atoms with Crippen molar-refractivity contribution in [1.29, 1.82) is 0 Å². The standard InChI is InChI=1S/C12H18N4O3/c1-16(2)6-5-13-12(19)15-10-4-3-9(14-8-10)7-11(17)18/h3-4,8H,5-7H2,1-2H3,(H,17,18)(H2,13,15,19). The molecular formula is C12H18N4O3. The number of rotatable bonds is 6. The van der Waals surface area contributed by atoms with E-state index in [0.717, 1.165) is 6.54 Å². The molecule has 0 aliphatic heterocycles. The summed E-state index contributed by atoms with van der Waals surface area (Å²) in [6, 6.07) is 2.88. The average molecular weight is 266 g/mol. The minimum Gasteiger partial charge on any atom is -0.481 e. The molecule has 0 radical (unpaired) electrons. The summed E-state index contributed by atoms with van der Waals surface area (Å²) in [5.41, 5.74) is 0.975. The molecule has 7 nitrogen and oxygen atoms in total. The number of carbonyl (C=O) groups is 2. The Bertz CT molecular complexity index is 431. The van der Waals surface area contributed by atoms with Crippen molar-refractivity contribution < 1.29 is 14.7 Å². The van der Waals surface area contributed by atoms with Gasteiger partial charge in [-0.15, -0.1) is 0 Å². The Morgan fingerprint density at radius 1 is 1.37 bits per heavy atom. The number of hydrogen-bond donors (Lipinski definition) is 3. The summed E-state index contributed by atoms with van der Waals surface area (Å²) >= 11 is 0. The molecule has 19 heavy (non-hydrogen) atoms. The van der Waals surface area contributed by atoms with Crippen LogP contribution in [-0.4, -0.2) is 54.2 Å². The molecule has 7 heteroatoms. The molecule has 0 bridgehead atoms. The van der Waals surface area contributed by atoms with Crippen molar-refractivity contribution in [2.45, 2.75) is 6.42 Å². The van der Waals surface area contributed by atoms with Gasteiger partial charge in [0.1, 0.15) is 0 Å². The number of hydrogen-bond acceptors (Lipinski definition) is 4. The predicted molar refractivity (Wildman–Crippen MR) is 71.2 cm³/mol. The summed E-state index contributed by atoms with van der Waals surface area (Å²) in [5, 5.41) is 13.9. The third-order valence-electron chi connectivity index (χ3n) is 2.26. The Hall–Kier alpha value is -2.15.